The van der Waals surface area contributed by atoms with Crippen molar-refractivity contribution in [3.63, 3.8) is 0 Å². The van der Waals surface area contributed by atoms with E-state index in [2.05, 4.69) is 0 Å². The fourth-order valence-corrected chi connectivity index (χ4v) is 4.63. The molecule has 2 rings (SSSR count). The van der Waals surface area contributed by atoms with E-state index in [0.717, 1.165) is 44.9 Å². The fourth-order valence-electron chi connectivity index (χ4n) is 4.63. The van der Waals surface area contributed by atoms with Gasteiger partial charge in [-0.3, -0.25) is 9.59 Å². The standard InChI is InChI=1S/C21H37N3O4/c1-15(2)13-18(21(27)28-3)24(16-9-5-4-6-10-16)20(26)17-11-7-8-12-23(17)19(25)14-22/h15-18H,4-14,22H2,1-3H3/t17-,18-/m0/s1. The molecule has 1 saturated heterocycles. The number of amides is 2. The van der Waals surface area contributed by atoms with E-state index in [1.165, 1.54) is 7.11 Å². The number of nitrogens with zero attached hydrogens (tertiary/aromatic N) is 2. The van der Waals surface area contributed by atoms with Gasteiger partial charge in [-0.15, -0.1) is 0 Å². The molecule has 160 valence electrons. The molecule has 2 amide bonds. The second-order valence-electron chi connectivity index (χ2n) is 8.51. The Morgan fingerprint density at radius 3 is 2.29 bits per heavy atom. The zero-order chi connectivity index (χ0) is 20.7. The molecular weight excluding hydrogens is 358 g/mol. The van der Waals surface area contributed by atoms with Crippen molar-refractivity contribution < 1.29 is 19.1 Å². The van der Waals surface area contributed by atoms with Gasteiger partial charge in [0.2, 0.25) is 11.8 Å². The van der Waals surface area contributed by atoms with Gasteiger partial charge >= 0.3 is 5.97 Å². The third kappa shape index (κ3) is 5.46. The maximum Gasteiger partial charge on any atom is 0.328 e. The molecule has 0 radical (unpaired) electrons. The molecule has 1 saturated carbocycles. The molecule has 28 heavy (non-hydrogen) atoms. The molecular formula is C21H37N3O4. The fraction of sp³-hybridized carbons (Fsp3) is 0.857. The summed E-state index contributed by atoms with van der Waals surface area (Å²) in [7, 11) is 1.38. The largest absolute Gasteiger partial charge is 0.467 e. The Hall–Kier alpha value is -1.63. The first-order valence-corrected chi connectivity index (χ1v) is 10.8. The third-order valence-electron chi connectivity index (χ3n) is 6.01. The molecule has 7 heteroatoms. The first kappa shape index (κ1) is 22.7. The van der Waals surface area contributed by atoms with Crippen LogP contribution in [0.1, 0.15) is 71.6 Å². The maximum absolute atomic E-state index is 13.8. The lowest BCUT2D eigenvalue weighted by molar-refractivity contribution is -0.161. The molecule has 2 aliphatic rings. The van der Waals surface area contributed by atoms with E-state index in [4.69, 9.17) is 10.5 Å². The minimum atomic E-state index is -0.600. The second kappa shape index (κ2) is 10.8. The summed E-state index contributed by atoms with van der Waals surface area (Å²) in [6.07, 6.45) is 8.04. The lowest BCUT2D eigenvalue weighted by Gasteiger charge is -2.44. The van der Waals surface area contributed by atoms with Crippen molar-refractivity contribution in [3.8, 4) is 0 Å². The lowest BCUT2D eigenvalue weighted by atomic mass is 9.89. The van der Waals surface area contributed by atoms with E-state index in [9.17, 15) is 14.4 Å². The molecule has 0 aromatic rings. The molecule has 0 aromatic heterocycles. The number of ether oxygens (including phenoxy) is 1. The zero-order valence-electron chi connectivity index (χ0n) is 17.7. The predicted octanol–water partition coefficient (Wildman–Crippen LogP) is 2.08. The van der Waals surface area contributed by atoms with Crippen molar-refractivity contribution >= 4 is 17.8 Å². The highest BCUT2D eigenvalue weighted by Crippen LogP contribution is 2.30. The van der Waals surface area contributed by atoms with Crippen molar-refractivity contribution in [2.75, 3.05) is 20.2 Å². The molecule has 2 fully saturated rings. The van der Waals surface area contributed by atoms with Crippen LogP contribution in [0.5, 0.6) is 0 Å². The number of esters is 1. The molecule has 0 bridgehead atoms. The number of nitrogens with two attached hydrogens (primary N) is 1. The highest BCUT2D eigenvalue weighted by atomic mass is 16.5. The topological polar surface area (TPSA) is 92.9 Å². The van der Waals surface area contributed by atoms with E-state index in [0.29, 0.717) is 19.4 Å². The molecule has 0 spiro atoms. The molecule has 2 N–H and O–H groups in total. The van der Waals surface area contributed by atoms with E-state index >= 15 is 0 Å². The van der Waals surface area contributed by atoms with Crippen LogP contribution in [0.25, 0.3) is 0 Å². The van der Waals surface area contributed by atoms with Crippen LogP contribution in [0.4, 0.5) is 0 Å². The van der Waals surface area contributed by atoms with Crippen molar-refractivity contribution in [1.82, 2.24) is 9.80 Å². The average molecular weight is 396 g/mol. The number of likely N-dealkylation sites (tertiary alicyclic amines) is 1. The lowest BCUT2D eigenvalue weighted by Crippen LogP contribution is -2.60. The summed E-state index contributed by atoms with van der Waals surface area (Å²) in [6.45, 7) is 4.55. The molecule has 1 aliphatic carbocycles. The highest BCUT2D eigenvalue weighted by Gasteiger charge is 2.42. The third-order valence-corrected chi connectivity index (χ3v) is 6.01. The van der Waals surface area contributed by atoms with E-state index in [1.54, 1.807) is 9.80 Å². The SMILES string of the molecule is COC(=O)[C@H](CC(C)C)N(C(=O)[C@@H]1CCCCN1C(=O)CN)C1CCCCC1. The molecule has 7 nitrogen and oxygen atoms in total. The minimum Gasteiger partial charge on any atom is -0.467 e. The number of carbonyl (C=O) groups is 3. The number of carbonyl (C=O) groups excluding carboxylic acids is 3. The Morgan fingerprint density at radius 1 is 1.07 bits per heavy atom. The molecule has 1 heterocycles. The van der Waals surface area contributed by atoms with Crippen LogP contribution in [-0.4, -0.2) is 65.9 Å². The van der Waals surface area contributed by atoms with Crippen LogP contribution in [-0.2, 0) is 19.1 Å². The van der Waals surface area contributed by atoms with Crippen LogP contribution in [0.2, 0.25) is 0 Å². The van der Waals surface area contributed by atoms with Gasteiger partial charge in [0.05, 0.1) is 13.7 Å². The number of rotatable bonds is 7. The van der Waals surface area contributed by atoms with E-state index in [1.807, 2.05) is 13.8 Å². The van der Waals surface area contributed by atoms with E-state index in [-0.39, 0.29) is 36.3 Å². The minimum absolute atomic E-state index is 0.0286. The summed E-state index contributed by atoms with van der Waals surface area (Å²) in [5.74, 6) is -0.416. The van der Waals surface area contributed by atoms with Crippen LogP contribution in [0.3, 0.4) is 0 Å². The highest BCUT2D eigenvalue weighted by molar-refractivity contribution is 5.91. The Morgan fingerprint density at radius 2 is 1.71 bits per heavy atom. The van der Waals surface area contributed by atoms with Gasteiger partial charge in [-0.2, -0.15) is 0 Å². The van der Waals surface area contributed by atoms with Crippen LogP contribution >= 0.6 is 0 Å². The van der Waals surface area contributed by atoms with Gasteiger partial charge in [-0.25, -0.2) is 4.79 Å². The average Bonchev–Trinajstić information content (AvgIpc) is 2.72. The van der Waals surface area contributed by atoms with Crippen molar-refractivity contribution in [2.45, 2.75) is 89.8 Å². The van der Waals surface area contributed by atoms with Gasteiger partial charge in [-0.05, 0) is 44.4 Å². The Labute approximate surface area is 168 Å². The Balaban J connectivity index is 2.36. The summed E-state index contributed by atoms with van der Waals surface area (Å²) < 4.78 is 5.08. The Kier molecular flexibility index (Phi) is 8.73. The zero-order valence-corrected chi connectivity index (χ0v) is 17.7. The second-order valence-corrected chi connectivity index (χ2v) is 8.51. The summed E-state index contributed by atoms with van der Waals surface area (Å²) >= 11 is 0. The number of hydrogen-bond donors (Lipinski definition) is 1. The monoisotopic (exact) mass is 395 g/mol. The number of piperidine rings is 1. The summed E-state index contributed by atoms with van der Waals surface area (Å²) in [4.78, 5) is 42.2. The smallest absolute Gasteiger partial charge is 0.328 e. The quantitative estimate of drug-likeness (QED) is 0.666. The maximum atomic E-state index is 13.8. The first-order chi connectivity index (χ1) is 13.4. The molecule has 0 aromatic carbocycles. The van der Waals surface area contributed by atoms with Gasteiger partial charge in [0.1, 0.15) is 12.1 Å². The van der Waals surface area contributed by atoms with Crippen LogP contribution in [0, 0.1) is 5.92 Å². The van der Waals surface area contributed by atoms with Crippen LogP contribution < -0.4 is 5.73 Å². The normalized spacial score (nSPS) is 22.0. The summed E-state index contributed by atoms with van der Waals surface area (Å²) in [5.41, 5.74) is 5.59. The number of hydrogen-bond acceptors (Lipinski definition) is 5. The van der Waals surface area contributed by atoms with E-state index < -0.39 is 12.1 Å². The summed E-state index contributed by atoms with van der Waals surface area (Å²) in [5, 5.41) is 0. The Bertz CT molecular complexity index is 546. The number of methoxy groups -OCH3 is 1. The van der Waals surface area contributed by atoms with Crippen molar-refractivity contribution in [2.24, 2.45) is 11.7 Å². The first-order valence-electron chi connectivity index (χ1n) is 10.8. The molecule has 1 aliphatic heterocycles. The van der Waals surface area contributed by atoms with Crippen molar-refractivity contribution in [1.29, 1.82) is 0 Å². The van der Waals surface area contributed by atoms with Gasteiger partial charge in [0.25, 0.3) is 0 Å². The molecule has 2 atom stereocenters. The van der Waals surface area contributed by atoms with Crippen LogP contribution in [0.15, 0.2) is 0 Å². The van der Waals surface area contributed by atoms with Crippen molar-refractivity contribution in [3.05, 3.63) is 0 Å². The van der Waals surface area contributed by atoms with Gasteiger partial charge in [0.15, 0.2) is 0 Å². The summed E-state index contributed by atoms with van der Waals surface area (Å²) in [6, 6.07) is -1.09. The van der Waals surface area contributed by atoms with Gasteiger partial charge in [0, 0.05) is 12.6 Å². The van der Waals surface area contributed by atoms with Gasteiger partial charge in [-0.1, -0.05) is 33.1 Å². The van der Waals surface area contributed by atoms with Gasteiger partial charge < -0.3 is 20.3 Å². The predicted molar refractivity (Wildman–Crippen MR) is 107 cm³/mol. The molecule has 0 unspecified atom stereocenters.